The molecule has 8 nitrogen and oxygen atoms in total. The molecule has 1 N–H and O–H groups in total. The molecule has 5 rings (SSSR count). The van der Waals surface area contributed by atoms with Gasteiger partial charge < -0.3 is 23.9 Å². The van der Waals surface area contributed by atoms with E-state index in [1.165, 1.54) is 6.33 Å². The third-order valence-corrected chi connectivity index (χ3v) is 6.16. The highest BCUT2D eigenvalue weighted by atomic mass is 79.9. The molecule has 3 aromatic heterocycles. The van der Waals surface area contributed by atoms with E-state index in [2.05, 4.69) is 30.9 Å². The molecule has 0 aliphatic carbocycles. The highest BCUT2D eigenvalue weighted by Crippen LogP contribution is 2.36. The lowest BCUT2D eigenvalue weighted by atomic mass is 10.1. The number of halogens is 2. The zero-order valence-electron chi connectivity index (χ0n) is 18.0. The summed E-state index contributed by atoms with van der Waals surface area (Å²) >= 11 is 9.63. The van der Waals surface area contributed by atoms with E-state index < -0.39 is 11.9 Å². The SMILES string of the molecule is CC(C)(O)O[C@H]1C[C@H](n2ccc3c(Cl)ncnc32)O[C@@H]1COc1ccc2cc(Br)cnc2c1. The molecule has 0 amide bonds. The van der Waals surface area contributed by atoms with Crippen LogP contribution in [0.25, 0.3) is 21.9 Å². The summed E-state index contributed by atoms with van der Waals surface area (Å²) in [7, 11) is 0. The highest BCUT2D eigenvalue weighted by Gasteiger charge is 2.40. The normalized spacial score (nSPS) is 21.2. The van der Waals surface area contributed by atoms with E-state index in [-0.39, 0.29) is 18.9 Å². The van der Waals surface area contributed by atoms with Crippen LogP contribution < -0.4 is 4.74 Å². The molecule has 1 aromatic carbocycles. The third kappa shape index (κ3) is 4.83. The average molecular weight is 534 g/mol. The summed E-state index contributed by atoms with van der Waals surface area (Å²) in [5, 5.41) is 12.4. The molecule has 3 atom stereocenters. The Morgan fingerprint density at radius 2 is 2.09 bits per heavy atom. The van der Waals surface area contributed by atoms with Crippen LogP contribution in [0.1, 0.15) is 26.5 Å². The van der Waals surface area contributed by atoms with E-state index >= 15 is 0 Å². The van der Waals surface area contributed by atoms with Gasteiger partial charge in [0.25, 0.3) is 0 Å². The first-order chi connectivity index (χ1) is 15.8. The molecule has 4 aromatic rings. The summed E-state index contributed by atoms with van der Waals surface area (Å²) in [5.74, 6) is -0.636. The van der Waals surface area contributed by atoms with Gasteiger partial charge in [0.2, 0.25) is 0 Å². The number of aromatic nitrogens is 4. The van der Waals surface area contributed by atoms with Crippen molar-refractivity contribution in [2.45, 2.75) is 44.5 Å². The molecular weight excluding hydrogens is 512 g/mol. The minimum absolute atomic E-state index is 0.244. The van der Waals surface area contributed by atoms with Crippen molar-refractivity contribution >= 4 is 49.5 Å². The van der Waals surface area contributed by atoms with Gasteiger partial charge in [-0.05, 0) is 54.0 Å². The lowest BCUT2D eigenvalue weighted by Crippen LogP contribution is -2.37. The van der Waals surface area contributed by atoms with Crippen molar-refractivity contribution in [2.75, 3.05) is 6.61 Å². The largest absolute Gasteiger partial charge is 0.491 e. The van der Waals surface area contributed by atoms with Crippen LogP contribution in [0.3, 0.4) is 0 Å². The van der Waals surface area contributed by atoms with Crippen LogP contribution in [0.15, 0.2) is 53.5 Å². The molecule has 172 valence electrons. The van der Waals surface area contributed by atoms with Crippen LogP contribution >= 0.6 is 27.5 Å². The van der Waals surface area contributed by atoms with E-state index in [9.17, 15) is 5.11 Å². The molecule has 0 bridgehead atoms. The Hall–Kier alpha value is -2.30. The fraction of sp³-hybridized carbons (Fsp3) is 0.348. The van der Waals surface area contributed by atoms with E-state index in [1.54, 1.807) is 20.0 Å². The van der Waals surface area contributed by atoms with Crippen LogP contribution in [0.2, 0.25) is 5.15 Å². The molecule has 0 saturated carbocycles. The Kier molecular flexibility index (Phi) is 6.00. The number of rotatable bonds is 6. The fourth-order valence-electron chi connectivity index (χ4n) is 4.03. The molecule has 33 heavy (non-hydrogen) atoms. The van der Waals surface area contributed by atoms with Crippen LogP contribution in [0, 0.1) is 0 Å². The molecule has 1 aliphatic heterocycles. The fourth-order valence-corrected chi connectivity index (χ4v) is 4.57. The van der Waals surface area contributed by atoms with Crippen molar-refractivity contribution < 1.29 is 19.3 Å². The molecule has 0 spiro atoms. The van der Waals surface area contributed by atoms with Crippen LogP contribution in [-0.2, 0) is 9.47 Å². The van der Waals surface area contributed by atoms with Crippen LogP contribution in [0.5, 0.6) is 5.75 Å². The van der Waals surface area contributed by atoms with E-state index in [0.717, 1.165) is 20.8 Å². The summed E-state index contributed by atoms with van der Waals surface area (Å²) < 4.78 is 21.1. The Morgan fingerprint density at radius 1 is 1.24 bits per heavy atom. The van der Waals surface area contributed by atoms with Crippen LogP contribution in [-0.4, -0.2) is 49.2 Å². The van der Waals surface area contributed by atoms with E-state index in [4.69, 9.17) is 25.8 Å². The molecular formula is C23H22BrClN4O4. The monoisotopic (exact) mass is 532 g/mol. The van der Waals surface area contributed by atoms with Gasteiger partial charge in [-0.1, -0.05) is 11.6 Å². The molecule has 1 saturated heterocycles. The first kappa shape index (κ1) is 22.5. The van der Waals surface area contributed by atoms with Gasteiger partial charge in [-0.25, -0.2) is 9.97 Å². The number of ether oxygens (including phenoxy) is 3. The maximum Gasteiger partial charge on any atom is 0.160 e. The predicted octanol–water partition coefficient (Wildman–Crippen LogP) is 4.88. The smallest absolute Gasteiger partial charge is 0.160 e. The van der Waals surface area contributed by atoms with Gasteiger partial charge in [0.05, 0.1) is 17.0 Å². The van der Waals surface area contributed by atoms with Crippen molar-refractivity contribution in [1.82, 2.24) is 19.5 Å². The van der Waals surface area contributed by atoms with Gasteiger partial charge in [0.15, 0.2) is 5.79 Å². The van der Waals surface area contributed by atoms with Gasteiger partial charge in [-0.15, -0.1) is 0 Å². The second-order valence-corrected chi connectivity index (χ2v) is 9.69. The van der Waals surface area contributed by atoms with Crippen LogP contribution in [0.4, 0.5) is 0 Å². The maximum absolute atomic E-state index is 10.3. The first-order valence-electron chi connectivity index (χ1n) is 10.5. The van der Waals surface area contributed by atoms with Crippen molar-refractivity contribution in [1.29, 1.82) is 0 Å². The Labute approximate surface area is 203 Å². The molecule has 10 heteroatoms. The predicted molar refractivity (Wildman–Crippen MR) is 127 cm³/mol. The lowest BCUT2D eigenvalue weighted by Gasteiger charge is -2.26. The minimum Gasteiger partial charge on any atom is -0.491 e. The molecule has 1 fully saturated rings. The third-order valence-electron chi connectivity index (χ3n) is 5.43. The Balaban J connectivity index is 1.36. The van der Waals surface area contributed by atoms with Gasteiger partial charge in [0, 0.05) is 34.7 Å². The second-order valence-electron chi connectivity index (χ2n) is 8.41. The van der Waals surface area contributed by atoms with Gasteiger partial charge in [-0.3, -0.25) is 4.98 Å². The molecule has 0 radical (unpaired) electrons. The molecule has 1 aliphatic rings. The summed E-state index contributed by atoms with van der Waals surface area (Å²) in [4.78, 5) is 12.8. The van der Waals surface area contributed by atoms with Gasteiger partial charge >= 0.3 is 0 Å². The van der Waals surface area contributed by atoms with Crippen molar-refractivity contribution in [3.05, 3.63) is 58.7 Å². The van der Waals surface area contributed by atoms with Gasteiger partial charge in [0.1, 0.15) is 41.8 Å². The van der Waals surface area contributed by atoms with Crippen molar-refractivity contribution in [2.24, 2.45) is 0 Å². The van der Waals surface area contributed by atoms with E-state index in [1.807, 2.05) is 41.1 Å². The Bertz CT molecular complexity index is 1310. The highest BCUT2D eigenvalue weighted by molar-refractivity contribution is 9.10. The standard InChI is InChI=1S/C23H22BrClN4O4/c1-23(2,30)33-18-9-20(29-6-5-16-21(25)27-12-28-22(16)29)32-19(18)11-31-15-4-3-13-7-14(24)10-26-17(13)8-15/h3-8,10,12,18-20,30H,9,11H2,1-2H3/t18-,19+,20+/m0/s1. The van der Waals surface area contributed by atoms with Crippen molar-refractivity contribution in [3.8, 4) is 5.75 Å². The summed E-state index contributed by atoms with van der Waals surface area (Å²) in [6, 6.07) is 9.60. The number of benzene rings is 1. The Morgan fingerprint density at radius 3 is 2.91 bits per heavy atom. The molecule has 0 unspecified atom stereocenters. The topological polar surface area (TPSA) is 91.5 Å². The second kappa shape index (κ2) is 8.81. The van der Waals surface area contributed by atoms with Crippen molar-refractivity contribution in [3.63, 3.8) is 0 Å². The quantitative estimate of drug-likeness (QED) is 0.279. The molecule has 4 heterocycles. The zero-order valence-corrected chi connectivity index (χ0v) is 20.3. The number of hydrogen-bond donors (Lipinski definition) is 1. The number of hydrogen-bond acceptors (Lipinski definition) is 7. The lowest BCUT2D eigenvalue weighted by molar-refractivity contribution is -0.216. The summed E-state index contributed by atoms with van der Waals surface area (Å²) in [5.41, 5.74) is 1.51. The number of pyridine rings is 1. The number of aliphatic hydroxyl groups is 1. The average Bonchev–Trinajstić information content (AvgIpc) is 3.36. The number of fused-ring (bicyclic) bond motifs is 2. The minimum atomic E-state index is -1.31. The van der Waals surface area contributed by atoms with E-state index in [0.29, 0.717) is 23.0 Å². The summed E-state index contributed by atoms with van der Waals surface area (Å²) in [6.45, 7) is 3.45. The zero-order chi connectivity index (χ0) is 23.2. The van der Waals surface area contributed by atoms with Gasteiger partial charge in [-0.2, -0.15) is 0 Å². The first-order valence-corrected chi connectivity index (χ1v) is 11.6. The maximum atomic E-state index is 10.3. The summed E-state index contributed by atoms with van der Waals surface area (Å²) in [6.07, 6.45) is 4.40. The number of nitrogens with zero attached hydrogens (tertiary/aromatic N) is 4.